The van der Waals surface area contributed by atoms with Crippen LogP contribution in [-0.4, -0.2) is 24.6 Å². The first-order chi connectivity index (χ1) is 10.3. The molecule has 0 atom stereocenters. The molecule has 22 heavy (non-hydrogen) atoms. The Morgan fingerprint density at radius 3 is 2.55 bits per heavy atom. The van der Waals surface area contributed by atoms with Gasteiger partial charge >= 0.3 is 5.69 Å². The van der Waals surface area contributed by atoms with Crippen molar-refractivity contribution < 1.29 is 8.78 Å². The predicted octanol–water partition coefficient (Wildman–Crippen LogP) is 1.26. The normalized spacial score (nSPS) is 18.9. The zero-order valence-electron chi connectivity index (χ0n) is 12.6. The Morgan fingerprint density at radius 1 is 1.27 bits per heavy atom. The number of hydrogen-bond donors (Lipinski definition) is 0. The summed E-state index contributed by atoms with van der Waals surface area (Å²) in [5, 5.41) is 0. The molecule has 0 aliphatic heterocycles. The van der Waals surface area contributed by atoms with E-state index >= 15 is 0 Å². The number of aromatic nitrogens is 4. The first-order valence-electron chi connectivity index (χ1n) is 7.29. The molecular weight excluding hydrogens is 294 g/mol. The molecule has 0 saturated heterocycles. The Kier molecular flexibility index (Phi) is 3.41. The van der Waals surface area contributed by atoms with Crippen molar-refractivity contribution in [3.8, 4) is 0 Å². The SMILES string of the molecule is Cn1cnc2c1c(=O)n(CC1CCC(F)(F)CC1)c(=O)n2C. The maximum atomic E-state index is 13.2. The van der Waals surface area contributed by atoms with Crippen molar-refractivity contribution in [1.29, 1.82) is 0 Å². The van der Waals surface area contributed by atoms with E-state index in [4.69, 9.17) is 0 Å². The van der Waals surface area contributed by atoms with Gasteiger partial charge in [0.1, 0.15) is 0 Å². The molecule has 3 rings (SSSR count). The zero-order valence-corrected chi connectivity index (χ0v) is 12.6. The van der Waals surface area contributed by atoms with Gasteiger partial charge in [-0.1, -0.05) is 0 Å². The van der Waals surface area contributed by atoms with Crippen molar-refractivity contribution in [2.75, 3.05) is 0 Å². The second kappa shape index (κ2) is 5.03. The third kappa shape index (κ3) is 2.36. The van der Waals surface area contributed by atoms with Crippen molar-refractivity contribution >= 4 is 11.2 Å². The molecule has 2 aromatic rings. The molecule has 1 aliphatic carbocycles. The Balaban J connectivity index is 2.00. The Morgan fingerprint density at radius 2 is 1.91 bits per heavy atom. The third-order valence-corrected chi connectivity index (χ3v) is 4.48. The Bertz CT molecular complexity index is 824. The van der Waals surface area contributed by atoms with Crippen LogP contribution in [0.3, 0.4) is 0 Å². The van der Waals surface area contributed by atoms with Gasteiger partial charge in [-0.3, -0.25) is 13.9 Å². The molecule has 6 nitrogen and oxygen atoms in total. The van der Waals surface area contributed by atoms with Gasteiger partial charge in [-0.2, -0.15) is 0 Å². The van der Waals surface area contributed by atoms with E-state index < -0.39 is 17.2 Å². The minimum atomic E-state index is -2.61. The lowest BCUT2D eigenvalue weighted by Crippen LogP contribution is -2.42. The number of nitrogens with zero attached hydrogens (tertiary/aromatic N) is 4. The van der Waals surface area contributed by atoms with Crippen molar-refractivity contribution in [3.05, 3.63) is 27.2 Å². The van der Waals surface area contributed by atoms with Crippen molar-refractivity contribution in [1.82, 2.24) is 18.7 Å². The van der Waals surface area contributed by atoms with Crippen LogP contribution in [0.25, 0.3) is 11.2 Å². The first kappa shape index (κ1) is 14.9. The average Bonchev–Trinajstić information content (AvgIpc) is 2.85. The molecule has 0 aromatic carbocycles. The van der Waals surface area contributed by atoms with Gasteiger partial charge in [-0.05, 0) is 18.8 Å². The fourth-order valence-electron chi connectivity index (χ4n) is 3.10. The van der Waals surface area contributed by atoms with E-state index in [1.165, 1.54) is 10.9 Å². The lowest BCUT2D eigenvalue weighted by atomic mass is 9.87. The highest BCUT2D eigenvalue weighted by Gasteiger charge is 2.35. The van der Waals surface area contributed by atoms with Gasteiger partial charge in [-0.25, -0.2) is 18.6 Å². The van der Waals surface area contributed by atoms with Crippen LogP contribution in [0.15, 0.2) is 15.9 Å². The summed E-state index contributed by atoms with van der Waals surface area (Å²) in [5.41, 5.74) is -0.170. The summed E-state index contributed by atoms with van der Waals surface area (Å²) >= 11 is 0. The lowest BCUT2D eigenvalue weighted by molar-refractivity contribution is -0.0475. The van der Waals surface area contributed by atoms with Crippen LogP contribution >= 0.6 is 0 Å². The molecule has 1 aliphatic rings. The largest absolute Gasteiger partial charge is 0.332 e. The highest BCUT2D eigenvalue weighted by molar-refractivity contribution is 5.69. The van der Waals surface area contributed by atoms with Crippen molar-refractivity contribution in [2.45, 2.75) is 38.2 Å². The van der Waals surface area contributed by atoms with E-state index in [1.54, 1.807) is 18.7 Å². The van der Waals surface area contributed by atoms with Crippen LogP contribution in [0, 0.1) is 5.92 Å². The number of aryl methyl sites for hydroxylation is 2. The van der Waals surface area contributed by atoms with E-state index in [0.717, 1.165) is 4.57 Å². The molecule has 2 aromatic heterocycles. The molecular formula is C14H18F2N4O2. The number of hydrogen-bond acceptors (Lipinski definition) is 3. The maximum Gasteiger partial charge on any atom is 0.332 e. The second-order valence-corrected chi connectivity index (χ2v) is 6.08. The number of halogens is 2. The van der Waals surface area contributed by atoms with E-state index in [2.05, 4.69) is 4.98 Å². The summed E-state index contributed by atoms with van der Waals surface area (Å²) < 4.78 is 30.5. The summed E-state index contributed by atoms with van der Waals surface area (Å²) in [6.45, 7) is 0.183. The number of alkyl halides is 2. The van der Waals surface area contributed by atoms with E-state index in [-0.39, 0.29) is 25.3 Å². The van der Waals surface area contributed by atoms with E-state index in [1.807, 2.05) is 0 Å². The highest BCUT2D eigenvalue weighted by Crippen LogP contribution is 2.36. The van der Waals surface area contributed by atoms with Gasteiger partial charge in [-0.15, -0.1) is 0 Å². The van der Waals surface area contributed by atoms with Crippen molar-refractivity contribution in [3.63, 3.8) is 0 Å². The van der Waals surface area contributed by atoms with Gasteiger partial charge in [0, 0.05) is 33.5 Å². The third-order valence-electron chi connectivity index (χ3n) is 4.48. The smallest absolute Gasteiger partial charge is 0.328 e. The standard InChI is InChI=1S/C14H18F2N4O2/c1-18-8-17-11-10(18)12(21)20(13(22)19(11)2)7-9-3-5-14(15,16)6-4-9/h8-9H,3-7H2,1-2H3. The van der Waals surface area contributed by atoms with Crippen LogP contribution in [0.4, 0.5) is 8.78 Å². The van der Waals surface area contributed by atoms with Crippen molar-refractivity contribution in [2.24, 2.45) is 20.0 Å². The van der Waals surface area contributed by atoms with Crippen LogP contribution in [0.5, 0.6) is 0 Å². The fraction of sp³-hybridized carbons (Fsp3) is 0.643. The van der Waals surface area contributed by atoms with Crippen LogP contribution in [-0.2, 0) is 20.6 Å². The second-order valence-electron chi connectivity index (χ2n) is 6.08. The molecule has 0 unspecified atom stereocenters. The highest BCUT2D eigenvalue weighted by atomic mass is 19.3. The molecule has 2 heterocycles. The molecule has 120 valence electrons. The molecule has 0 amide bonds. The fourth-order valence-corrected chi connectivity index (χ4v) is 3.10. The topological polar surface area (TPSA) is 61.8 Å². The van der Waals surface area contributed by atoms with Gasteiger partial charge in [0.05, 0.1) is 6.33 Å². The Hall–Kier alpha value is -1.99. The summed E-state index contributed by atoms with van der Waals surface area (Å²) in [6, 6.07) is 0. The average molecular weight is 312 g/mol. The molecule has 0 bridgehead atoms. The van der Waals surface area contributed by atoms with Crippen LogP contribution in [0.1, 0.15) is 25.7 Å². The molecule has 0 radical (unpaired) electrons. The Labute approximate surface area is 125 Å². The minimum absolute atomic E-state index is 0.0734. The summed E-state index contributed by atoms with van der Waals surface area (Å²) in [7, 11) is 3.25. The molecule has 1 saturated carbocycles. The van der Waals surface area contributed by atoms with Crippen LogP contribution in [0.2, 0.25) is 0 Å². The van der Waals surface area contributed by atoms with E-state index in [0.29, 0.717) is 24.0 Å². The number of imidazole rings is 1. The maximum absolute atomic E-state index is 13.2. The monoisotopic (exact) mass is 312 g/mol. The summed E-state index contributed by atoms with van der Waals surface area (Å²) in [6.07, 6.45) is 1.77. The minimum Gasteiger partial charge on any atom is -0.328 e. The van der Waals surface area contributed by atoms with Gasteiger partial charge in [0.25, 0.3) is 5.56 Å². The molecule has 8 heteroatoms. The number of rotatable bonds is 2. The molecule has 0 N–H and O–H groups in total. The summed E-state index contributed by atoms with van der Waals surface area (Å²) in [5.74, 6) is -2.69. The van der Waals surface area contributed by atoms with Gasteiger partial charge in [0.15, 0.2) is 11.2 Å². The number of fused-ring (bicyclic) bond motifs is 1. The van der Waals surface area contributed by atoms with Gasteiger partial charge < -0.3 is 4.57 Å². The van der Waals surface area contributed by atoms with Crippen LogP contribution < -0.4 is 11.2 Å². The quantitative estimate of drug-likeness (QED) is 0.839. The van der Waals surface area contributed by atoms with Gasteiger partial charge in [0.2, 0.25) is 5.92 Å². The van der Waals surface area contributed by atoms with E-state index in [9.17, 15) is 18.4 Å². The predicted molar refractivity (Wildman–Crippen MR) is 77.1 cm³/mol. The molecule has 1 fully saturated rings. The summed E-state index contributed by atoms with van der Waals surface area (Å²) in [4.78, 5) is 28.9. The molecule has 0 spiro atoms. The zero-order chi connectivity index (χ0) is 16.1. The lowest BCUT2D eigenvalue weighted by Gasteiger charge is -2.28. The first-order valence-corrected chi connectivity index (χ1v) is 7.29.